The maximum absolute atomic E-state index is 13.6. The summed E-state index contributed by atoms with van der Waals surface area (Å²) in [4.78, 5) is 16.9. The van der Waals surface area contributed by atoms with E-state index in [1.54, 1.807) is 23.5 Å². The second-order valence-electron chi connectivity index (χ2n) is 8.10. The molecule has 0 bridgehead atoms. The minimum Gasteiger partial charge on any atom is -0.508 e. The molecule has 1 fully saturated rings. The molecule has 4 nitrogen and oxygen atoms in total. The molecule has 0 amide bonds. The number of aromatic hydroxyl groups is 1. The van der Waals surface area contributed by atoms with Crippen LogP contribution >= 0.6 is 23.7 Å². The van der Waals surface area contributed by atoms with Crippen molar-refractivity contribution < 1.29 is 14.6 Å². The van der Waals surface area contributed by atoms with Gasteiger partial charge in [0, 0.05) is 32.6 Å². The Labute approximate surface area is 203 Å². The number of carbonyl (C=O) groups excluding carboxylic acids is 1. The first-order valence-corrected chi connectivity index (χ1v) is 11.8. The number of ketones is 1. The number of carbonyl (C=O) groups is 1. The van der Waals surface area contributed by atoms with Gasteiger partial charge in [-0.2, -0.15) is 0 Å². The van der Waals surface area contributed by atoms with Crippen LogP contribution in [0.3, 0.4) is 0 Å². The molecule has 0 spiro atoms. The van der Waals surface area contributed by atoms with E-state index in [0.717, 1.165) is 45.9 Å². The van der Waals surface area contributed by atoms with Crippen LogP contribution in [0, 0.1) is 0 Å². The van der Waals surface area contributed by atoms with Crippen molar-refractivity contribution >= 4 is 39.6 Å². The lowest BCUT2D eigenvalue weighted by Gasteiger charge is -2.15. The molecule has 33 heavy (non-hydrogen) atoms. The van der Waals surface area contributed by atoms with Gasteiger partial charge in [-0.3, -0.25) is 9.69 Å². The second-order valence-corrected chi connectivity index (χ2v) is 9.15. The minimum atomic E-state index is -0.00542. The van der Waals surface area contributed by atoms with Crippen molar-refractivity contribution in [3.05, 3.63) is 83.9 Å². The van der Waals surface area contributed by atoms with Gasteiger partial charge in [0.1, 0.15) is 18.1 Å². The van der Waals surface area contributed by atoms with Gasteiger partial charge in [-0.1, -0.05) is 18.2 Å². The van der Waals surface area contributed by atoms with Crippen LogP contribution in [0.15, 0.2) is 72.8 Å². The van der Waals surface area contributed by atoms with Crippen molar-refractivity contribution in [2.75, 3.05) is 26.2 Å². The third-order valence-electron chi connectivity index (χ3n) is 5.94. The number of phenolic OH excluding ortho intramolecular Hbond substituents is 1. The molecule has 1 saturated heterocycles. The Morgan fingerprint density at radius 1 is 0.939 bits per heavy atom. The number of hydrogen-bond acceptors (Lipinski definition) is 5. The van der Waals surface area contributed by atoms with Crippen LogP contribution in [0.1, 0.15) is 28.8 Å². The fourth-order valence-corrected chi connectivity index (χ4v) is 5.44. The summed E-state index contributed by atoms with van der Waals surface area (Å²) < 4.78 is 6.96. The first kappa shape index (κ1) is 23.3. The molecule has 2 heterocycles. The third kappa shape index (κ3) is 5.06. The van der Waals surface area contributed by atoms with Crippen molar-refractivity contribution in [2.45, 2.75) is 12.8 Å². The smallest absolute Gasteiger partial charge is 0.195 e. The maximum atomic E-state index is 13.6. The van der Waals surface area contributed by atoms with Gasteiger partial charge in [-0.05, 0) is 86.1 Å². The van der Waals surface area contributed by atoms with Crippen molar-refractivity contribution in [1.82, 2.24) is 4.90 Å². The number of likely N-dealkylation sites (tertiary alicyclic amines) is 1. The summed E-state index contributed by atoms with van der Waals surface area (Å²) in [5, 5.41) is 10.6. The molecule has 170 valence electrons. The molecule has 0 unspecified atom stereocenters. The average molecular weight is 480 g/mol. The highest BCUT2D eigenvalue weighted by Gasteiger charge is 2.21. The molecule has 5 rings (SSSR count). The molecule has 0 atom stereocenters. The van der Waals surface area contributed by atoms with E-state index < -0.39 is 0 Å². The average Bonchev–Trinajstić information content (AvgIpc) is 3.47. The van der Waals surface area contributed by atoms with Crippen LogP contribution in [-0.4, -0.2) is 42.0 Å². The highest BCUT2D eigenvalue weighted by Crippen LogP contribution is 2.40. The lowest BCUT2D eigenvalue weighted by atomic mass is 9.97. The highest BCUT2D eigenvalue weighted by atomic mass is 35.5. The quantitative estimate of drug-likeness (QED) is 0.311. The molecule has 0 saturated carbocycles. The van der Waals surface area contributed by atoms with Gasteiger partial charge in [0.25, 0.3) is 0 Å². The zero-order chi connectivity index (χ0) is 21.9. The summed E-state index contributed by atoms with van der Waals surface area (Å²) in [6.07, 6.45) is 2.56. The zero-order valence-corrected chi connectivity index (χ0v) is 19.8. The van der Waals surface area contributed by atoms with Crippen molar-refractivity contribution in [3.63, 3.8) is 0 Å². The first-order chi connectivity index (χ1) is 15.7. The van der Waals surface area contributed by atoms with Gasteiger partial charge in [0.2, 0.25) is 0 Å². The van der Waals surface area contributed by atoms with Gasteiger partial charge in [-0.15, -0.1) is 23.7 Å². The Bertz CT molecular complexity index is 1230. The molecule has 1 N–H and O–H groups in total. The molecule has 6 heteroatoms. The monoisotopic (exact) mass is 479 g/mol. The van der Waals surface area contributed by atoms with E-state index in [-0.39, 0.29) is 23.9 Å². The summed E-state index contributed by atoms with van der Waals surface area (Å²) in [6, 6.07) is 22.5. The highest BCUT2D eigenvalue weighted by molar-refractivity contribution is 7.22. The van der Waals surface area contributed by atoms with E-state index in [1.807, 2.05) is 60.7 Å². The molecule has 3 aromatic carbocycles. The number of nitrogens with zero attached hydrogens (tertiary/aromatic N) is 1. The summed E-state index contributed by atoms with van der Waals surface area (Å²) in [6.45, 7) is 3.93. The maximum Gasteiger partial charge on any atom is 0.195 e. The van der Waals surface area contributed by atoms with Crippen molar-refractivity contribution in [1.29, 1.82) is 0 Å². The third-order valence-corrected chi connectivity index (χ3v) is 7.16. The lowest BCUT2D eigenvalue weighted by molar-refractivity contribution is 0.104. The normalized spacial score (nSPS) is 13.7. The number of rotatable bonds is 7. The van der Waals surface area contributed by atoms with E-state index in [9.17, 15) is 9.90 Å². The molecule has 1 aliphatic rings. The fraction of sp³-hybridized carbons (Fsp3) is 0.222. The number of benzene rings is 3. The summed E-state index contributed by atoms with van der Waals surface area (Å²) in [5.74, 6) is 0.992. The molecule has 4 aromatic rings. The number of hydrogen-bond donors (Lipinski definition) is 1. The van der Waals surface area contributed by atoms with Crippen molar-refractivity contribution in [2.24, 2.45) is 0 Å². The topological polar surface area (TPSA) is 49.8 Å². The number of phenols is 1. The number of halogens is 1. The van der Waals surface area contributed by atoms with Crippen LogP contribution in [-0.2, 0) is 0 Å². The summed E-state index contributed by atoms with van der Waals surface area (Å²) in [7, 11) is 0. The Balaban J connectivity index is 0.00000259. The predicted octanol–water partition coefficient (Wildman–Crippen LogP) is 6.40. The Morgan fingerprint density at radius 3 is 2.36 bits per heavy atom. The van der Waals surface area contributed by atoms with Gasteiger partial charge >= 0.3 is 0 Å². The molecule has 1 aromatic heterocycles. The van der Waals surface area contributed by atoms with Crippen molar-refractivity contribution in [3.8, 4) is 21.9 Å². The van der Waals surface area contributed by atoms with Crippen LogP contribution in [0.25, 0.3) is 20.5 Å². The van der Waals surface area contributed by atoms with Crippen LogP contribution in [0.5, 0.6) is 11.5 Å². The number of fused-ring (bicyclic) bond motifs is 1. The zero-order valence-electron chi connectivity index (χ0n) is 18.2. The largest absolute Gasteiger partial charge is 0.508 e. The minimum absolute atomic E-state index is 0. The van der Waals surface area contributed by atoms with Gasteiger partial charge in [-0.25, -0.2) is 0 Å². The number of thiophene rings is 1. The molecule has 0 radical (unpaired) electrons. The molecular formula is C27H26ClNO3S. The first-order valence-electron chi connectivity index (χ1n) is 11.0. The molecule has 0 aliphatic carbocycles. The van der Waals surface area contributed by atoms with Gasteiger partial charge in [0.15, 0.2) is 5.78 Å². The number of ether oxygens (including phenoxy) is 1. The standard InChI is InChI=1S/C27H25NO3S.ClH/c29-21-11-7-20(8-12-21)27-25(23-5-1-2-6-24(23)32-27)26(30)19-9-13-22(14-10-19)31-18-17-28-15-3-4-16-28;/h1-2,5-14,29H,3-4,15-18H2;1H. The van der Waals surface area contributed by atoms with Crippen LogP contribution < -0.4 is 4.74 Å². The lowest BCUT2D eigenvalue weighted by Crippen LogP contribution is -2.25. The van der Waals surface area contributed by atoms with Gasteiger partial charge in [0.05, 0.1) is 0 Å². The Kier molecular flexibility index (Phi) is 7.33. The van der Waals surface area contributed by atoms with E-state index in [4.69, 9.17) is 4.74 Å². The van der Waals surface area contributed by atoms with E-state index in [1.165, 1.54) is 12.8 Å². The van der Waals surface area contributed by atoms with E-state index in [2.05, 4.69) is 4.90 Å². The molecular weight excluding hydrogens is 454 g/mol. The van der Waals surface area contributed by atoms with E-state index >= 15 is 0 Å². The second kappa shape index (κ2) is 10.4. The van der Waals surface area contributed by atoms with E-state index in [0.29, 0.717) is 17.7 Å². The Morgan fingerprint density at radius 2 is 1.64 bits per heavy atom. The van der Waals surface area contributed by atoms with Crippen LogP contribution in [0.4, 0.5) is 0 Å². The summed E-state index contributed by atoms with van der Waals surface area (Å²) in [5.41, 5.74) is 2.27. The summed E-state index contributed by atoms with van der Waals surface area (Å²) >= 11 is 1.60. The predicted molar refractivity (Wildman–Crippen MR) is 137 cm³/mol. The van der Waals surface area contributed by atoms with Crippen LogP contribution in [0.2, 0.25) is 0 Å². The Hall–Kier alpha value is -2.86. The van der Waals surface area contributed by atoms with Gasteiger partial charge < -0.3 is 9.84 Å². The molecule has 1 aliphatic heterocycles. The SMILES string of the molecule is Cl.O=C(c1ccc(OCCN2CCCC2)cc1)c1c(-c2ccc(O)cc2)sc2ccccc12. The fourth-order valence-electron chi connectivity index (χ4n) is 4.23.